The first-order chi connectivity index (χ1) is 13.7. The molecule has 7 heteroatoms. The second kappa shape index (κ2) is 8.14. The Kier molecular flexibility index (Phi) is 5.43. The Bertz CT molecular complexity index is 927. The van der Waals surface area contributed by atoms with Crippen LogP contribution in [0.25, 0.3) is 11.4 Å². The number of rotatable bonds is 6. The van der Waals surface area contributed by atoms with E-state index in [-0.39, 0.29) is 12.0 Å². The molecule has 7 nitrogen and oxygen atoms in total. The van der Waals surface area contributed by atoms with Crippen LogP contribution in [0, 0.1) is 6.92 Å². The van der Waals surface area contributed by atoms with Crippen LogP contribution in [-0.2, 0) is 11.2 Å². The van der Waals surface area contributed by atoms with Crippen molar-refractivity contribution in [1.82, 2.24) is 19.9 Å². The molecule has 1 unspecified atom stereocenters. The van der Waals surface area contributed by atoms with Crippen LogP contribution in [-0.4, -0.2) is 33.1 Å². The molecule has 4 rings (SSSR count). The van der Waals surface area contributed by atoms with Gasteiger partial charge in [0.2, 0.25) is 11.7 Å². The van der Waals surface area contributed by atoms with Gasteiger partial charge in [-0.1, -0.05) is 41.9 Å². The van der Waals surface area contributed by atoms with E-state index >= 15 is 0 Å². The van der Waals surface area contributed by atoms with Crippen molar-refractivity contribution in [3.05, 3.63) is 47.5 Å². The van der Waals surface area contributed by atoms with Crippen molar-refractivity contribution < 1.29 is 9.26 Å². The minimum atomic E-state index is 0.176. The van der Waals surface area contributed by atoms with E-state index < -0.39 is 0 Å². The summed E-state index contributed by atoms with van der Waals surface area (Å²) in [6, 6.07) is 8.80. The summed E-state index contributed by atoms with van der Waals surface area (Å²) in [5, 5.41) is 8.67. The number of anilines is 1. The van der Waals surface area contributed by atoms with Crippen molar-refractivity contribution in [2.24, 2.45) is 0 Å². The Morgan fingerprint density at radius 1 is 1.29 bits per heavy atom. The number of aryl methyl sites for hydroxylation is 1. The number of ether oxygens (including phenoxy) is 1. The zero-order valence-corrected chi connectivity index (χ0v) is 16.5. The molecular weight excluding hydrogens is 354 g/mol. The van der Waals surface area contributed by atoms with E-state index in [0.29, 0.717) is 17.5 Å². The quantitative estimate of drug-likeness (QED) is 0.696. The molecular formula is C21H27N5O2. The summed E-state index contributed by atoms with van der Waals surface area (Å²) < 4.78 is 12.9. The molecule has 0 amide bonds. The van der Waals surface area contributed by atoms with Crippen molar-refractivity contribution in [1.29, 1.82) is 0 Å². The van der Waals surface area contributed by atoms with Crippen LogP contribution in [0.3, 0.4) is 0 Å². The summed E-state index contributed by atoms with van der Waals surface area (Å²) in [6.07, 6.45) is 5.36. The lowest BCUT2D eigenvalue weighted by Crippen LogP contribution is -2.21. The van der Waals surface area contributed by atoms with Crippen molar-refractivity contribution >= 4 is 5.82 Å². The van der Waals surface area contributed by atoms with Gasteiger partial charge in [0.05, 0.1) is 17.8 Å². The number of nitrogens with zero attached hydrogens (tertiary/aromatic N) is 4. The summed E-state index contributed by atoms with van der Waals surface area (Å²) in [7, 11) is 0. The molecule has 0 saturated carbocycles. The highest BCUT2D eigenvalue weighted by molar-refractivity contribution is 5.67. The fourth-order valence-corrected chi connectivity index (χ4v) is 3.80. The van der Waals surface area contributed by atoms with Gasteiger partial charge in [0.1, 0.15) is 5.82 Å². The van der Waals surface area contributed by atoms with Gasteiger partial charge in [0.25, 0.3) is 0 Å². The predicted octanol–water partition coefficient (Wildman–Crippen LogP) is 3.91. The highest BCUT2D eigenvalue weighted by Gasteiger charge is 2.24. The number of aromatic nitrogens is 4. The van der Waals surface area contributed by atoms with Crippen molar-refractivity contribution in [2.75, 3.05) is 18.9 Å². The zero-order chi connectivity index (χ0) is 19.5. The van der Waals surface area contributed by atoms with Gasteiger partial charge in [-0.25, -0.2) is 4.68 Å². The van der Waals surface area contributed by atoms with Crippen molar-refractivity contribution in [3.63, 3.8) is 0 Å². The van der Waals surface area contributed by atoms with Crippen LogP contribution in [0.5, 0.6) is 0 Å². The Morgan fingerprint density at radius 3 is 2.86 bits per heavy atom. The van der Waals surface area contributed by atoms with E-state index in [2.05, 4.69) is 53.4 Å². The Hall–Kier alpha value is -2.67. The van der Waals surface area contributed by atoms with Crippen LogP contribution in [0.2, 0.25) is 0 Å². The fraction of sp³-hybridized carbons (Fsp3) is 0.476. The molecule has 1 aliphatic heterocycles. The average Bonchev–Trinajstić information content (AvgIpc) is 3.33. The van der Waals surface area contributed by atoms with Crippen LogP contribution in [0.15, 0.2) is 35.0 Å². The van der Waals surface area contributed by atoms with Gasteiger partial charge in [-0.15, -0.1) is 0 Å². The van der Waals surface area contributed by atoms with E-state index in [9.17, 15) is 0 Å². The number of hydrogen-bond acceptors (Lipinski definition) is 6. The van der Waals surface area contributed by atoms with Gasteiger partial charge in [-0.3, -0.25) is 0 Å². The molecule has 1 aromatic carbocycles. The van der Waals surface area contributed by atoms with Gasteiger partial charge < -0.3 is 15.0 Å². The standard InChI is InChI=1S/C21H27N5O2/c1-3-16(12-15-6-4-5-14(2)11-15)21-24-20(25-28-21)18-13-23-26(19(18)22)17-7-9-27-10-8-17/h4-6,11,13,16-17H,3,7-10,12,22H2,1-2H3. The summed E-state index contributed by atoms with van der Waals surface area (Å²) in [5.74, 6) is 1.92. The van der Waals surface area contributed by atoms with E-state index in [4.69, 9.17) is 15.0 Å². The third-order valence-electron chi connectivity index (χ3n) is 5.46. The largest absolute Gasteiger partial charge is 0.383 e. The molecule has 1 fully saturated rings. The van der Waals surface area contributed by atoms with Crippen molar-refractivity contribution in [2.45, 2.75) is 51.5 Å². The van der Waals surface area contributed by atoms with Crippen molar-refractivity contribution in [3.8, 4) is 11.4 Å². The second-order valence-corrected chi connectivity index (χ2v) is 7.49. The molecule has 3 heterocycles. The highest BCUT2D eigenvalue weighted by atomic mass is 16.5. The SMILES string of the molecule is CCC(Cc1cccc(C)c1)c1nc(-c2cnn(C3CCOCC3)c2N)no1. The number of nitrogens with two attached hydrogens (primary N) is 1. The molecule has 1 atom stereocenters. The monoisotopic (exact) mass is 381 g/mol. The molecule has 2 aromatic heterocycles. The Labute approximate surface area is 164 Å². The summed E-state index contributed by atoms with van der Waals surface area (Å²) >= 11 is 0. The molecule has 3 aromatic rings. The fourth-order valence-electron chi connectivity index (χ4n) is 3.80. The summed E-state index contributed by atoms with van der Waals surface area (Å²) in [5.41, 5.74) is 9.62. The zero-order valence-electron chi connectivity index (χ0n) is 16.5. The highest BCUT2D eigenvalue weighted by Crippen LogP contribution is 2.31. The minimum absolute atomic E-state index is 0.176. The van der Waals surface area contributed by atoms with E-state index in [1.54, 1.807) is 6.20 Å². The lowest BCUT2D eigenvalue weighted by molar-refractivity contribution is 0.0669. The maximum Gasteiger partial charge on any atom is 0.230 e. The van der Waals surface area contributed by atoms with Gasteiger partial charge >= 0.3 is 0 Å². The third-order valence-corrected chi connectivity index (χ3v) is 5.46. The van der Waals surface area contributed by atoms with Crippen LogP contribution >= 0.6 is 0 Å². The van der Waals surface area contributed by atoms with Gasteiger partial charge in [0.15, 0.2) is 0 Å². The first-order valence-electron chi connectivity index (χ1n) is 9.96. The molecule has 148 valence electrons. The van der Waals surface area contributed by atoms with Crippen LogP contribution < -0.4 is 5.73 Å². The molecule has 1 saturated heterocycles. The van der Waals surface area contributed by atoms with E-state index in [0.717, 1.165) is 44.5 Å². The van der Waals surface area contributed by atoms with Gasteiger partial charge in [-0.05, 0) is 38.2 Å². The number of nitrogen functional groups attached to an aromatic ring is 1. The molecule has 2 N–H and O–H groups in total. The first-order valence-corrected chi connectivity index (χ1v) is 9.96. The maximum atomic E-state index is 6.36. The van der Waals surface area contributed by atoms with Gasteiger partial charge in [0, 0.05) is 19.1 Å². The number of benzene rings is 1. The average molecular weight is 381 g/mol. The normalized spacial score (nSPS) is 16.4. The lowest BCUT2D eigenvalue weighted by atomic mass is 9.96. The van der Waals surface area contributed by atoms with Crippen LogP contribution in [0.4, 0.5) is 5.82 Å². The topological polar surface area (TPSA) is 92.0 Å². The molecule has 0 radical (unpaired) electrons. The van der Waals surface area contributed by atoms with E-state index in [1.807, 2.05) is 4.68 Å². The van der Waals surface area contributed by atoms with E-state index in [1.165, 1.54) is 11.1 Å². The molecule has 0 spiro atoms. The summed E-state index contributed by atoms with van der Waals surface area (Å²) in [6.45, 7) is 5.72. The lowest BCUT2D eigenvalue weighted by Gasteiger charge is -2.23. The van der Waals surface area contributed by atoms with Crippen LogP contribution in [0.1, 0.15) is 55.2 Å². The number of hydrogen-bond donors (Lipinski definition) is 1. The molecule has 0 bridgehead atoms. The first kappa shape index (κ1) is 18.7. The Balaban J connectivity index is 1.54. The Morgan fingerprint density at radius 2 is 2.11 bits per heavy atom. The second-order valence-electron chi connectivity index (χ2n) is 7.49. The molecule has 0 aliphatic carbocycles. The predicted molar refractivity (Wildman–Crippen MR) is 107 cm³/mol. The summed E-state index contributed by atoms with van der Waals surface area (Å²) in [4.78, 5) is 4.65. The molecule has 28 heavy (non-hydrogen) atoms. The smallest absolute Gasteiger partial charge is 0.230 e. The minimum Gasteiger partial charge on any atom is -0.383 e. The third kappa shape index (κ3) is 3.80. The maximum absolute atomic E-state index is 6.36. The van der Waals surface area contributed by atoms with Gasteiger partial charge in [-0.2, -0.15) is 10.1 Å². The molecule has 1 aliphatic rings.